The zero-order valence-corrected chi connectivity index (χ0v) is 10.8. The minimum atomic E-state index is -1.19. The number of aromatic carboxylic acids is 1. The van der Waals surface area contributed by atoms with Crippen molar-refractivity contribution in [3.8, 4) is 11.5 Å². The minimum Gasteiger partial charge on any atom is -0.507 e. The average molecular weight is 238 g/mol. The molecule has 0 radical (unpaired) electrons. The maximum Gasteiger partial charge on any atom is 0.343 e. The Hall–Kier alpha value is -1.71. The van der Waals surface area contributed by atoms with E-state index >= 15 is 0 Å². The van der Waals surface area contributed by atoms with Crippen LogP contribution in [0.15, 0.2) is 6.07 Å². The molecule has 1 aromatic carbocycles. The lowest BCUT2D eigenvalue weighted by Crippen LogP contribution is -2.14. The maximum absolute atomic E-state index is 11.2. The van der Waals surface area contributed by atoms with Crippen molar-refractivity contribution in [1.29, 1.82) is 0 Å². The number of carboxylic acid groups (broad SMARTS) is 1. The first-order chi connectivity index (χ1) is 7.70. The highest BCUT2D eigenvalue weighted by Gasteiger charge is 2.27. The van der Waals surface area contributed by atoms with Crippen LogP contribution in [0.3, 0.4) is 0 Å². The first-order valence-corrected chi connectivity index (χ1v) is 5.34. The van der Waals surface area contributed by atoms with Crippen molar-refractivity contribution in [2.75, 3.05) is 7.11 Å². The number of ether oxygens (including phenoxy) is 1. The van der Waals surface area contributed by atoms with Gasteiger partial charge in [0.15, 0.2) is 0 Å². The molecule has 2 N–H and O–H groups in total. The smallest absolute Gasteiger partial charge is 0.343 e. The quantitative estimate of drug-likeness (QED) is 0.831. The molecule has 1 rings (SSSR count). The van der Waals surface area contributed by atoms with Crippen molar-refractivity contribution in [3.63, 3.8) is 0 Å². The molecule has 0 amide bonds. The molecule has 0 saturated carbocycles. The summed E-state index contributed by atoms with van der Waals surface area (Å²) in [5, 5.41) is 19.2. The van der Waals surface area contributed by atoms with Crippen LogP contribution in [-0.4, -0.2) is 23.3 Å². The van der Waals surface area contributed by atoms with Crippen LogP contribution < -0.4 is 4.74 Å². The lowest BCUT2D eigenvalue weighted by molar-refractivity contribution is 0.0689. The number of aryl methyl sites for hydroxylation is 1. The van der Waals surface area contributed by atoms with Crippen LogP contribution in [-0.2, 0) is 5.41 Å². The van der Waals surface area contributed by atoms with Crippen LogP contribution >= 0.6 is 0 Å². The summed E-state index contributed by atoms with van der Waals surface area (Å²) in [6.45, 7) is 7.51. The van der Waals surface area contributed by atoms with Gasteiger partial charge in [0.2, 0.25) is 0 Å². The number of aromatic hydroxyl groups is 1. The summed E-state index contributed by atoms with van der Waals surface area (Å²) in [5.41, 5.74) is 0.809. The maximum atomic E-state index is 11.2. The molecule has 0 atom stereocenters. The van der Waals surface area contributed by atoms with E-state index in [2.05, 4.69) is 0 Å². The van der Waals surface area contributed by atoms with E-state index < -0.39 is 5.97 Å². The van der Waals surface area contributed by atoms with E-state index in [1.807, 2.05) is 20.8 Å². The predicted octanol–water partition coefficient (Wildman–Crippen LogP) is 2.70. The lowest BCUT2D eigenvalue weighted by Gasteiger charge is -2.23. The summed E-state index contributed by atoms with van der Waals surface area (Å²) < 4.78 is 5.05. The summed E-state index contributed by atoms with van der Waals surface area (Å²) in [5.74, 6) is -1.19. The highest BCUT2D eigenvalue weighted by Crippen LogP contribution is 2.40. The molecular formula is C13H18O4. The molecule has 4 heteroatoms. The van der Waals surface area contributed by atoms with Gasteiger partial charge in [0, 0.05) is 5.56 Å². The Bertz CT molecular complexity index is 455. The van der Waals surface area contributed by atoms with Crippen molar-refractivity contribution in [3.05, 3.63) is 22.8 Å². The van der Waals surface area contributed by atoms with Gasteiger partial charge in [-0.05, 0) is 24.0 Å². The molecule has 0 spiro atoms. The Labute approximate surface area is 101 Å². The van der Waals surface area contributed by atoms with E-state index in [-0.39, 0.29) is 22.5 Å². The number of hydrogen-bond donors (Lipinski definition) is 2. The summed E-state index contributed by atoms with van der Waals surface area (Å²) in [6, 6.07) is 1.76. The Kier molecular flexibility index (Phi) is 3.36. The van der Waals surface area contributed by atoms with Gasteiger partial charge in [-0.1, -0.05) is 20.8 Å². The molecule has 1 aromatic rings. The highest BCUT2D eigenvalue weighted by molar-refractivity contribution is 5.95. The van der Waals surface area contributed by atoms with Crippen LogP contribution in [0, 0.1) is 6.92 Å². The second-order valence-electron chi connectivity index (χ2n) is 5.05. The second-order valence-corrected chi connectivity index (χ2v) is 5.05. The van der Waals surface area contributed by atoms with Crippen molar-refractivity contribution < 1.29 is 19.7 Å². The Morgan fingerprint density at radius 2 is 1.88 bits per heavy atom. The van der Waals surface area contributed by atoms with Crippen LogP contribution in [0.1, 0.15) is 42.3 Å². The Morgan fingerprint density at radius 3 is 2.24 bits per heavy atom. The van der Waals surface area contributed by atoms with Gasteiger partial charge in [0.25, 0.3) is 0 Å². The zero-order chi connectivity index (χ0) is 13.4. The third kappa shape index (κ3) is 2.35. The minimum absolute atomic E-state index is 0.169. The van der Waals surface area contributed by atoms with Gasteiger partial charge < -0.3 is 14.9 Å². The van der Waals surface area contributed by atoms with Crippen molar-refractivity contribution >= 4 is 5.97 Å². The van der Waals surface area contributed by atoms with E-state index in [4.69, 9.17) is 9.84 Å². The number of hydrogen-bond acceptors (Lipinski definition) is 3. The molecule has 0 aromatic heterocycles. The van der Waals surface area contributed by atoms with Crippen LogP contribution in [0.2, 0.25) is 0 Å². The largest absolute Gasteiger partial charge is 0.507 e. The van der Waals surface area contributed by atoms with Gasteiger partial charge in [-0.15, -0.1) is 0 Å². The first kappa shape index (κ1) is 13.4. The molecule has 0 aliphatic carbocycles. The molecule has 0 saturated heterocycles. The fourth-order valence-electron chi connectivity index (χ4n) is 1.82. The number of benzene rings is 1. The van der Waals surface area contributed by atoms with Crippen molar-refractivity contribution in [2.45, 2.75) is 33.1 Å². The Balaban J connectivity index is 3.67. The normalized spacial score (nSPS) is 11.4. The zero-order valence-electron chi connectivity index (χ0n) is 10.8. The van der Waals surface area contributed by atoms with Crippen molar-refractivity contribution in [2.24, 2.45) is 0 Å². The topological polar surface area (TPSA) is 66.8 Å². The van der Waals surface area contributed by atoms with E-state index in [1.165, 1.54) is 7.11 Å². The van der Waals surface area contributed by atoms with Crippen LogP contribution in [0.4, 0.5) is 0 Å². The monoisotopic (exact) mass is 238 g/mol. The van der Waals surface area contributed by atoms with E-state index in [0.717, 1.165) is 0 Å². The summed E-state index contributed by atoms with van der Waals surface area (Å²) in [7, 11) is 1.39. The van der Waals surface area contributed by atoms with E-state index in [0.29, 0.717) is 11.1 Å². The van der Waals surface area contributed by atoms with E-state index in [9.17, 15) is 9.90 Å². The fourth-order valence-corrected chi connectivity index (χ4v) is 1.82. The number of methoxy groups -OCH3 is 1. The Morgan fingerprint density at radius 1 is 1.35 bits per heavy atom. The molecule has 17 heavy (non-hydrogen) atoms. The number of carbonyl (C=O) groups is 1. The van der Waals surface area contributed by atoms with Crippen LogP contribution in [0.25, 0.3) is 0 Å². The summed E-state index contributed by atoms with van der Waals surface area (Å²) in [4.78, 5) is 11.2. The van der Waals surface area contributed by atoms with Gasteiger partial charge in [0.05, 0.1) is 7.11 Å². The molecule has 0 unspecified atom stereocenters. The first-order valence-electron chi connectivity index (χ1n) is 5.34. The SMILES string of the molecule is COc1c(C)cc(C(C)(C)C)c(O)c1C(=O)O. The molecule has 0 aliphatic rings. The van der Waals surface area contributed by atoms with Crippen LogP contribution in [0.5, 0.6) is 11.5 Å². The number of rotatable bonds is 2. The molecular weight excluding hydrogens is 220 g/mol. The highest BCUT2D eigenvalue weighted by atomic mass is 16.5. The molecule has 0 aliphatic heterocycles. The molecule has 4 nitrogen and oxygen atoms in total. The average Bonchev–Trinajstić information content (AvgIpc) is 2.17. The summed E-state index contributed by atoms with van der Waals surface area (Å²) in [6.07, 6.45) is 0. The number of carboxylic acids is 1. The summed E-state index contributed by atoms with van der Waals surface area (Å²) >= 11 is 0. The molecule has 0 fully saturated rings. The van der Waals surface area contributed by atoms with Gasteiger partial charge in [-0.2, -0.15) is 0 Å². The molecule has 94 valence electrons. The third-order valence-electron chi connectivity index (χ3n) is 2.66. The third-order valence-corrected chi connectivity index (χ3v) is 2.66. The fraction of sp³-hybridized carbons (Fsp3) is 0.462. The second kappa shape index (κ2) is 4.28. The van der Waals surface area contributed by atoms with Gasteiger partial charge in [-0.3, -0.25) is 0 Å². The predicted molar refractivity (Wildman–Crippen MR) is 65.1 cm³/mol. The van der Waals surface area contributed by atoms with E-state index in [1.54, 1.807) is 13.0 Å². The van der Waals surface area contributed by atoms with Gasteiger partial charge in [0.1, 0.15) is 17.1 Å². The van der Waals surface area contributed by atoms with Crippen molar-refractivity contribution in [1.82, 2.24) is 0 Å². The van der Waals surface area contributed by atoms with Gasteiger partial charge in [-0.25, -0.2) is 4.79 Å². The standard InChI is InChI=1S/C13H18O4/c1-7-6-8(13(2,3)4)10(14)9(12(15)16)11(7)17-5/h6,14H,1-5H3,(H,15,16). The molecule has 0 bridgehead atoms. The lowest BCUT2D eigenvalue weighted by atomic mass is 9.84. The number of phenols is 1. The molecule has 0 heterocycles. The van der Waals surface area contributed by atoms with Gasteiger partial charge >= 0.3 is 5.97 Å².